The minimum absolute atomic E-state index is 0.307. The molecule has 1 heterocycles. The standard InChI is InChI=1S/C8H11BrN2OS2/c1-8(2,3)14(12)11-5-6-4-10-7(9)13-6/h4-5H,1-3H3/b11-5+. The van der Waals surface area contributed by atoms with Crippen LogP contribution in [0.5, 0.6) is 0 Å². The van der Waals surface area contributed by atoms with E-state index in [9.17, 15) is 4.21 Å². The third kappa shape index (κ3) is 3.59. The molecule has 0 saturated heterocycles. The average molecular weight is 295 g/mol. The molecule has 3 nitrogen and oxygen atoms in total. The zero-order valence-corrected chi connectivity index (χ0v) is 11.4. The fraction of sp³-hybridized carbons (Fsp3) is 0.500. The third-order valence-electron chi connectivity index (χ3n) is 1.29. The van der Waals surface area contributed by atoms with Crippen LogP contribution in [0.25, 0.3) is 0 Å². The summed E-state index contributed by atoms with van der Waals surface area (Å²) >= 11 is 4.71. The second-order valence-electron chi connectivity index (χ2n) is 3.61. The second kappa shape index (κ2) is 4.63. The van der Waals surface area contributed by atoms with Crippen LogP contribution in [0.3, 0.4) is 0 Å². The molecule has 1 rings (SSSR count). The Balaban J connectivity index is 2.70. The maximum absolute atomic E-state index is 11.5. The first-order valence-corrected chi connectivity index (χ1v) is 6.68. The van der Waals surface area contributed by atoms with Crippen molar-refractivity contribution in [2.24, 2.45) is 4.40 Å². The Bertz CT molecular complexity index is 368. The average Bonchev–Trinajstić information content (AvgIpc) is 2.45. The number of hydrogen-bond acceptors (Lipinski definition) is 3. The van der Waals surface area contributed by atoms with Gasteiger partial charge in [0.05, 0.1) is 15.8 Å². The molecule has 0 N–H and O–H groups in total. The number of thiazole rings is 1. The Kier molecular flexibility index (Phi) is 3.97. The normalized spacial score (nSPS) is 14.9. The van der Waals surface area contributed by atoms with Gasteiger partial charge in [0.2, 0.25) is 0 Å². The van der Waals surface area contributed by atoms with Gasteiger partial charge in [0.25, 0.3) is 0 Å². The van der Waals surface area contributed by atoms with E-state index in [4.69, 9.17) is 0 Å². The van der Waals surface area contributed by atoms with E-state index in [2.05, 4.69) is 25.3 Å². The van der Waals surface area contributed by atoms with E-state index in [0.29, 0.717) is 0 Å². The van der Waals surface area contributed by atoms with Gasteiger partial charge >= 0.3 is 0 Å². The van der Waals surface area contributed by atoms with Crippen molar-refractivity contribution < 1.29 is 4.21 Å². The largest absolute Gasteiger partial charge is 0.237 e. The summed E-state index contributed by atoms with van der Waals surface area (Å²) in [4.78, 5) is 4.90. The van der Waals surface area contributed by atoms with Crippen LogP contribution < -0.4 is 0 Å². The van der Waals surface area contributed by atoms with Gasteiger partial charge in [-0.2, -0.15) is 4.40 Å². The zero-order valence-electron chi connectivity index (χ0n) is 8.15. The molecular weight excluding hydrogens is 284 g/mol. The number of rotatable bonds is 2. The molecule has 1 atom stereocenters. The van der Waals surface area contributed by atoms with Crippen molar-refractivity contribution in [3.63, 3.8) is 0 Å². The lowest BCUT2D eigenvalue weighted by atomic mass is 10.3. The van der Waals surface area contributed by atoms with E-state index < -0.39 is 11.0 Å². The summed E-state index contributed by atoms with van der Waals surface area (Å²) in [6.45, 7) is 5.68. The molecule has 0 spiro atoms. The summed E-state index contributed by atoms with van der Waals surface area (Å²) in [6.07, 6.45) is 3.29. The molecule has 14 heavy (non-hydrogen) atoms. The van der Waals surface area contributed by atoms with Crippen LogP contribution in [0.2, 0.25) is 0 Å². The van der Waals surface area contributed by atoms with Crippen molar-refractivity contribution in [2.75, 3.05) is 0 Å². The predicted molar refractivity (Wildman–Crippen MR) is 65.3 cm³/mol. The lowest BCUT2D eigenvalue weighted by Gasteiger charge is -2.12. The number of nitrogens with zero attached hydrogens (tertiary/aromatic N) is 2. The van der Waals surface area contributed by atoms with Gasteiger partial charge < -0.3 is 0 Å². The van der Waals surface area contributed by atoms with Crippen LogP contribution in [-0.2, 0) is 11.0 Å². The van der Waals surface area contributed by atoms with Crippen LogP contribution >= 0.6 is 27.3 Å². The van der Waals surface area contributed by atoms with Gasteiger partial charge in [-0.1, -0.05) is 0 Å². The molecule has 0 aliphatic carbocycles. The van der Waals surface area contributed by atoms with E-state index in [1.54, 1.807) is 12.4 Å². The quantitative estimate of drug-likeness (QED) is 0.787. The molecule has 0 saturated carbocycles. The summed E-state index contributed by atoms with van der Waals surface area (Å²) in [6, 6.07) is 0. The fourth-order valence-electron chi connectivity index (χ4n) is 0.582. The molecule has 1 aromatic rings. The molecule has 0 radical (unpaired) electrons. The van der Waals surface area contributed by atoms with Crippen molar-refractivity contribution in [3.05, 3.63) is 15.0 Å². The minimum Gasteiger partial charge on any atom is -0.237 e. The monoisotopic (exact) mass is 294 g/mol. The van der Waals surface area contributed by atoms with Crippen LogP contribution in [-0.4, -0.2) is 20.2 Å². The lowest BCUT2D eigenvalue weighted by molar-refractivity contribution is 0.651. The minimum atomic E-state index is -1.20. The van der Waals surface area contributed by atoms with Crippen LogP contribution in [0, 0.1) is 0 Å². The van der Waals surface area contributed by atoms with Crippen molar-refractivity contribution in [3.8, 4) is 0 Å². The van der Waals surface area contributed by atoms with Gasteiger partial charge in [0.1, 0.15) is 11.0 Å². The summed E-state index contributed by atoms with van der Waals surface area (Å²) in [5, 5.41) is 0. The fourth-order valence-corrected chi connectivity index (χ4v) is 2.35. The van der Waals surface area contributed by atoms with Gasteiger partial charge in [-0.15, -0.1) is 11.3 Å². The predicted octanol–water partition coefficient (Wildman–Crippen LogP) is 2.79. The Morgan fingerprint density at radius 1 is 1.64 bits per heavy atom. The van der Waals surface area contributed by atoms with Gasteiger partial charge in [0.15, 0.2) is 3.92 Å². The van der Waals surface area contributed by atoms with Gasteiger partial charge in [-0.3, -0.25) is 0 Å². The number of hydrogen-bond donors (Lipinski definition) is 0. The summed E-state index contributed by atoms with van der Waals surface area (Å²) in [7, 11) is -1.20. The molecule has 0 aliphatic heterocycles. The van der Waals surface area contributed by atoms with Gasteiger partial charge in [0, 0.05) is 6.20 Å². The second-order valence-corrected chi connectivity index (χ2v) is 7.88. The summed E-state index contributed by atoms with van der Waals surface area (Å²) in [5.41, 5.74) is 0. The highest BCUT2D eigenvalue weighted by molar-refractivity contribution is 9.11. The van der Waals surface area contributed by atoms with Crippen LogP contribution in [0.15, 0.2) is 14.5 Å². The Morgan fingerprint density at radius 2 is 2.29 bits per heavy atom. The van der Waals surface area contributed by atoms with Gasteiger partial charge in [-0.05, 0) is 36.7 Å². The molecule has 0 bridgehead atoms. The van der Waals surface area contributed by atoms with Crippen molar-refractivity contribution >= 4 is 44.5 Å². The third-order valence-corrected chi connectivity index (χ3v) is 4.05. The van der Waals surface area contributed by atoms with E-state index >= 15 is 0 Å². The van der Waals surface area contributed by atoms with Crippen molar-refractivity contribution in [1.29, 1.82) is 0 Å². The molecule has 0 aromatic carbocycles. The van der Waals surface area contributed by atoms with E-state index in [-0.39, 0.29) is 4.75 Å². The number of aromatic nitrogens is 1. The molecule has 1 aromatic heterocycles. The highest BCUT2D eigenvalue weighted by Gasteiger charge is 2.18. The summed E-state index contributed by atoms with van der Waals surface area (Å²) in [5.74, 6) is 0. The van der Waals surface area contributed by atoms with Crippen LogP contribution in [0.1, 0.15) is 25.6 Å². The first kappa shape index (κ1) is 12.0. The Hall–Kier alpha value is -0.0700. The van der Waals surface area contributed by atoms with E-state index in [1.807, 2.05) is 20.8 Å². The van der Waals surface area contributed by atoms with Gasteiger partial charge in [-0.25, -0.2) is 9.19 Å². The molecule has 0 aliphatic rings. The maximum Gasteiger partial charge on any atom is 0.159 e. The highest BCUT2D eigenvalue weighted by Crippen LogP contribution is 2.17. The molecule has 0 fully saturated rings. The first-order chi connectivity index (χ1) is 6.39. The Morgan fingerprint density at radius 3 is 2.71 bits per heavy atom. The molecule has 1 unspecified atom stereocenters. The number of halogens is 1. The maximum atomic E-state index is 11.5. The zero-order chi connectivity index (χ0) is 10.8. The van der Waals surface area contributed by atoms with E-state index in [0.717, 1.165) is 8.79 Å². The van der Waals surface area contributed by atoms with E-state index in [1.165, 1.54) is 11.3 Å². The van der Waals surface area contributed by atoms with Crippen molar-refractivity contribution in [2.45, 2.75) is 25.5 Å². The molecule has 6 heteroatoms. The lowest BCUT2D eigenvalue weighted by Crippen LogP contribution is -2.19. The first-order valence-electron chi connectivity index (χ1n) is 3.97. The Labute approximate surface area is 98.4 Å². The topological polar surface area (TPSA) is 42.3 Å². The molecular formula is C8H11BrN2OS2. The smallest absolute Gasteiger partial charge is 0.159 e. The van der Waals surface area contributed by atoms with Crippen LogP contribution in [0.4, 0.5) is 0 Å². The molecule has 0 amide bonds. The SMILES string of the molecule is CC(C)(C)S(=O)/N=C/c1cnc(Br)s1. The summed E-state index contributed by atoms with van der Waals surface area (Å²) < 4.78 is 16.0. The highest BCUT2D eigenvalue weighted by atomic mass is 79.9. The van der Waals surface area contributed by atoms with Crippen molar-refractivity contribution in [1.82, 2.24) is 4.98 Å². The molecule has 78 valence electrons.